The first kappa shape index (κ1) is 15.5. The first-order valence-electron chi connectivity index (χ1n) is 7.06. The van der Waals surface area contributed by atoms with Crippen LogP contribution in [0.25, 0.3) is 0 Å². The number of hydrogen-bond acceptors (Lipinski definition) is 2. The molecule has 0 N–H and O–H groups in total. The molecule has 1 unspecified atom stereocenters. The minimum atomic E-state index is -1.80. The van der Waals surface area contributed by atoms with E-state index in [2.05, 4.69) is 81.0 Å². The highest BCUT2D eigenvalue weighted by Gasteiger charge is 2.39. The maximum atomic E-state index is 6.68. The normalized spacial score (nSPS) is 14.2. The Morgan fingerprint density at radius 2 is 1.65 bits per heavy atom. The zero-order valence-electron chi connectivity index (χ0n) is 13.0. The predicted octanol–water partition coefficient (Wildman–Crippen LogP) is 5.86. The van der Waals surface area contributed by atoms with Crippen LogP contribution in [0, 0.1) is 0 Å². The van der Waals surface area contributed by atoms with E-state index < -0.39 is 8.32 Å². The van der Waals surface area contributed by atoms with Crippen molar-refractivity contribution in [2.24, 2.45) is 0 Å². The summed E-state index contributed by atoms with van der Waals surface area (Å²) in [4.78, 5) is 0. The summed E-state index contributed by atoms with van der Waals surface area (Å²) in [7, 11) is -1.80. The van der Waals surface area contributed by atoms with Gasteiger partial charge >= 0.3 is 0 Å². The number of benzene rings is 1. The zero-order valence-corrected chi connectivity index (χ0v) is 14.8. The largest absolute Gasteiger partial charge is 0.406 e. The highest BCUT2D eigenvalue weighted by atomic mass is 32.1. The molecule has 1 aromatic heterocycles. The highest BCUT2D eigenvalue weighted by Crippen LogP contribution is 2.41. The van der Waals surface area contributed by atoms with Crippen LogP contribution in [-0.2, 0) is 4.43 Å². The topological polar surface area (TPSA) is 9.23 Å². The number of thiophene rings is 1. The van der Waals surface area contributed by atoms with Crippen LogP contribution < -0.4 is 0 Å². The van der Waals surface area contributed by atoms with Crippen LogP contribution in [0.3, 0.4) is 0 Å². The van der Waals surface area contributed by atoms with Gasteiger partial charge in [-0.25, -0.2) is 0 Å². The van der Waals surface area contributed by atoms with Gasteiger partial charge in [-0.1, -0.05) is 51.1 Å². The minimum absolute atomic E-state index is 0.0586. The summed E-state index contributed by atoms with van der Waals surface area (Å²) in [6.45, 7) is 11.5. The molecule has 0 spiro atoms. The van der Waals surface area contributed by atoms with Crippen LogP contribution in [-0.4, -0.2) is 8.32 Å². The average Bonchev–Trinajstić information content (AvgIpc) is 2.89. The molecule has 2 aromatic rings. The lowest BCUT2D eigenvalue weighted by Gasteiger charge is -2.39. The molecule has 1 atom stereocenters. The molecule has 0 amide bonds. The maximum Gasteiger partial charge on any atom is 0.193 e. The fourth-order valence-corrected chi connectivity index (χ4v) is 3.74. The first-order chi connectivity index (χ1) is 9.31. The van der Waals surface area contributed by atoms with E-state index in [1.165, 1.54) is 11.1 Å². The third-order valence-electron chi connectivity index (χ3n) is 4.17. The third-order valence-corrected chi connectivity index (χ3v) is 9.31. The SMILES string of the molecule is CC(C)(C)[Si](C)(C)OC(c1ccccc1)c1ccsc1. The molecule has 0 saturated heterocycles. The summed E-state index contributed by atoms with van der Waals surface area (Å²) in [6.07, 6.45) is 0.0586. The van der Waals surface area contributed by atoms with Crippen molar-refractivity contribution in [3.63, 3.8) is 0 Å². The van der Waals surface area contributed by atoms with Gasteiger partial charge in [0, 0.05) is 0 Å². The highest BCUT2D eigenvalue weighted by molar-refractivity contribution is 7.08. The molecule has 20 heavy (non-hydrogen) atoms. The lowest BCUT2D eigenvalue weighted by molar-refractivity contribution is 0.222. The molecular formula is C17H24OSSi. The van der Waals surface area contributed by atoms with Gasteiger partial charge in [0.1, 0.15) is 0 Å². The van der Waals surface area contributed by atoms with Crippen LogP contribution in [0.5, 0.6) is 0 Å². The van der Waals surface area contributed by atoms with Crippen molar-refractivity contribution in [3.05, 3.63) is 58.3 Å². The molecule has 1 nitrogen and oxygen atoms in total. The molecule has 2 rings (SSSR count). The molecule has 0 radical (unpaired) electrons. The van der Waals surface area contributed by atoms with Gasteiger partial charge < -0.3 is 4.43 Å². The molecule has 108 valence electrons. The summed E-state index contributed by atoms with van der Waals surface area (Å²) in [5.74, 6) is 0. The molecule has 0 aliphatic carbocycles. The molecule has 0 fully saturated rings. The molecule has 1 aromatic carbocycles. The van der Waals surface area contributed by atoms with Crippen molar-refractivity contribution in [2.45, 2.75) is 45.0 Å². The second-order valence-electron chi connectivity index (χ2n) is 6.73. The van der Waals surface area contributed by atoms with E-state index in [0.29, 0.717) is 0 Å². The quantitative estimate of drug-likeness (QED) is 0.643. The monoisotopic (exact) mass is 304 g/mol. The standard InChI is InChI=1S/C17H24OSSi/c1-17(2,3)20(4,5)18-16(15-11-12-19-13-15)14-9-7-6-8-10-14/h6-13,16H,1-5H3. The van der Waals surface area contributed by atoms with E-state index in [-0.39, 0.29) is 11.1 Å². The second kappa shape index (κ2) is 5.84. The maximum absolute atomic E-state index is 6.68. The van der Waals surface area contributed by atoms with Gasteiger partial charge in [0.25, 0.3) is 0 Å². The Labute approximate surface area is 127 Å². The van der Waals surface area contributed by atoms with Crippen LogP contribution in [0.4, 0.5) is 0 Å². The Morgan fingerprint density at radius 3 is 2.15 bits per heavy atom. The average molecular weight is 305 g/mol. The van der Waals surface area contributed by atoms with E-state index in [9.17, 15) is 0 Å². The van der Waals surface area contributed by atoms with Gasteiger partial charge in [0.15, 0.2) is 8.32 Å². The van der Waals surface area contributed by atoms with Gasteiger partial charge in [-0.15, -0.1) is 0 Å². The molecule has 0 bridgehead atoms. The van der Waals surface area contributed by atoms with Crippen LogP contribution in [0.1, 0.15) is 38.0 Å². The van der Waals surface area contributed by atoms with Crippen molar-refractivity contribution in [1.82, 2.24) is 0 Å². The fourth-order valence-electron chi connectivity index (χ4n) is 1.85. The van der Waals surface area contributed by atoms with E-state index >= 15 is 0 Å². The molecule has 1 heterocycles. The molecule has 0 saturated carbocycles. The number of hydrogen-bond donors (Lipinski definition) is 0. The van der Waals surface area contributed by atoms with Crippen LogP contribution in [0.2, 0.25) is 18.1 Å². The Hall–Kier alpha value is -0.903. The molecule has 0 aliphatic rings. The van der Waals surface area contributed by atoms with E-state index in [0.717, 1.165) is 0 Å². The van der Waals surface area contributed by atoms with Gasteiger partial charge in [-0.2, -0.15) is 11.3 Å². The Morgan fingerprint density at radius 1 is 1.00 bits per heavy atom. The van der Waals surface area contributed by atoms with Gasteiger partial charge in [0.05, 0.1) is 6.10 Å². The van der Waals surface area contributed by atoms with Crippen LogP contribution in [0.15, 0.2) is 47.2 Å². The summed E-state index contributed by atoms with van der Waals surface area (Å²) in [5, 5.41) is 4.54. The van der Waals surface area contributed by atoms with E-state index in [1.54, 1.807) is 11.3 Å². The lowest BCUT2D eigenvalue weighted by atomic mass is 10.1. The minimum Gasteiger partial charge on any atom is -0.406 e. The second-order valence-corrected chi connectivity index (χ2v) is 12.3. The molecule has 3 heteroatoms. The Bertz CT molecular complexity index is 526. The Kier molecular flexibility index (Phi) is 4.52. The van der Waals surface area contributed by atoms with Crippen molar-refractivity contribution in [2.75, 3.05) is 0 Å². The smallest absolute Gasteiger partial charge is 0.193 e. The summed E-state index contributed by atoms with van der Waals surface area (Å²) >= 11 is 1.73. The summed E-state index contributed by atoms with van der Waals surface area (Å²) in [5.41, 5.74) is 2.52. The van der Waals surface area contributed by atoms with Gasteiger partial charge in [-0.3, -0.25) is 0 Å². The third kappa shape index (κ3) is 3.40. The number of rotatable bonds is 4. The molecule has 0 aliphatic heterocycles. The lowest BCUT2D eigenvalue weighted by Crippen LogP contribution is -2.42. The van der Waals surface area contributed by atoms with E-state index in [4.69, 9.17) is 4.43 Å². The van der Waals surface area contributed by atoms with Crippen LogP contribution >= 0.6 is 11.3 Å². The Balaban J connectivity index is 2.35. The van der Waals surface area contributed by atoms with Crippen molar-refractivity contribution >= 4 is 19.7 Å². The summed E-state index contributed by atoms with van der Waals surface area (Å²) in [6, 6.07) is 12.7. The first-order valence-corrected chi connectivity index (χ1v) is 10.9. The summed E-state index contributed by atoms with van der Waals surface area (Å²) < 4.78 is 6.68. The van der Waals surface area contributed by atoms with E-state index in [1.807, 2.05) is 0 Å². The van der Waals surface area contributed by atoms with Crippen molar-refractivity contribution in [3.8, 4) is 0 Å². The van der Waals surface area contributed by atoms with Crippen molar-refractivity contribution in [1.29, 1.82) is 0 Å². The molecular weight excluding hydrogens is 280 g/mol. The van der Waals surface area contributed by atoms with Gasteiger partial charge in [-0.05, 0) is 46.1 Å². The van der Waals surface area contributed by atoms with Gasteiger partial charge in [0.2, 0.25) is 0 Å². The zero-order chi connectivity index (χ0) is 14.8. The van der Waals surface area contributed by atoms with Crippen molar-refractivity contribution < 1.29 is 4.43 Å². The fraction of sp³-hybridized carbons (Fsp3) is 0.412. The predicted molar refractivity (Wildman–Crippen MR) is 90.9 cm³/mol.